The summed E-state index contributed by atoms with van der Waals surface area (Å²) in [6.07, 6.45) is 13.4. The zero-order valence-electron chi connectivity index (χ0n) is 23.0. The molecule has 0 amide bonds. The van der Waals surface area contributed by atoms with E-state index in [1.807, 2.05) is 6.08 Å². The average molecular weight is 489 g/mol. The molecular weight excluding hydrogens is 432 g/mol. The van der Waals surface area contributed by atoms with Crippen LogP contribution in [-0.2, 0) is 23.7 Å². The molecule has 204 valence electrons. The van der Waals surface area contributed by atoms with Gasteiger partial charge in [0, 0.05) is 26.4 Å². The molecule has 0 saturated carbocycles. The third-order valence-electron chi connectivity index (χ3n) is 5.73. The maximum absolute atomic E-state index is 9.08. The Morgan fingerprint density at radius 3 is 1.74 bits per heavy atom. The quantitative estimate of drug-likeness (QED) is 0.117. The van der Waals surface area contributed by atoms with Crippen LogP contribution in [0.2, 0.25) is 0 Å². The lowest BCUT2D eigenvalue weighted by molar-refractivity contribution is -0.172. The summed E-state index contributed by atoms with van der Waals surface area (Å²) in [5.74, 6) is 0. The van der Waals surface area contributed by atoms with Crippen LogP contribution in [0.3, 0.4) is 0 Å². The molecule has 0 aliphatic rings. The zero-order chi connectivity index (χ0) is 25.3. The highest BCUT2D eigenvalue weighted by molar-refractivity contribution is 4.84. The zero-order valence-corrected chi connectivity index (χ0v) is 23.0. The molecule has 0 aromatic carbocycles. The van der Waals surface area contributed by atoms with Crippen LogP contribution in [-0.4, -0.2) is 75.8 Å². The summed E-state index contributed by atoms with van der Waals surface area (Å²) in [6, 6.07) is 0. The monoisotopic (exact) mass is 488 g/mol. The lowest BCUT2D eigenvalue weighted by Gasteiger charge is -2.33. The predicted octanol–water partition coefficient (Wildman–Crippen LogP) is 6.09. The Morgan fingerprint density at radius 1 is 0.647 bits per heavy atom. The number of hydrogen-bond acceptors (Lipinski definition) is 6. The van der Waals surface area contributed by atoms with Gasteiger partial charge in [0.15, 0.2) is 0 Å². The summed E-state index contributed by atoms with van der Waals surface area (Å²) >= 11 is 0. The molecule has 0 spiro atoms. The van der Waals surface area contributed by atoms with Crippen molar-refractivity contribution in [3.63, 3.8) is 0 Å². The third-order valence-corrected chi connectivity index (χ3v) is 5.73. The normalized spacial score (nSPS) is 15.6. The summed E-state index contributed by atoms with van der Waals surface area (Å²) in [5, 5.41) is 9.08. The first-order chi connectivity index (χ1) is 16.6. The van der Waals surface area contributed by atoms with Crippen molar-refractivity contribution in [2.75, 3.05) is 46.2 Å². The minimum Gasteiger partial charge on any atom is -0.392 e. The van der Waals surface area contributed by atoms with Gasteiger partial charge in [-0.05, 0) is 45.4 Å². The van der Waals surface area contributed by atoms with Crippen molar-refractivity contribution < 1.29 is 28.8 Å². The minimum atomic E-state index is -0.223. The molecule has 0 aliphatic carbocycles. The van der Waals surface area contributed by atoms with E-state index in [1.54, 1.807) is 6.08 Å². The second kappa shape index (κ2) is 25.6. The highest BCUT2D eigenvalue weighted by atomic mass is 16.6. The molecular formula is C28H56O6. The van der Waals surface area contributed by atoms with Gasteiger partial charge in [-0.2, -0.15) is 0 Å². The lowest BCUT2D eigenvalue weighted by atomic mass is 10.1. The highest BCUT2D eigenvalue weighted by Crippen LogP contribution is 2.19. The molecule has 0 saturated heterocycles. The Labute approximate surface area is 210 Å². The minimum absolute atomic E-state index is 0.0375. The van der Waals surface area contributed by atoms with Crippen molar-refractivity contribution in [1.29, 1.82) is 0 Å². The molecule has 1 N–H and O–H groups in total. The second-order valence-corrected chi connectivity index (χ2v) is 8.99. The van der Waals surface area contributed by atoms with E-state index in [2.05, 4.69) is 34.6 Å². The van der Waals surface area contributed by atoms with Crippen LogP contribution in [0, 0.1) is 0 Å². The SMILES string of the molecule is CCCCOCC(O[C@H](CC/C=C/CO)[C@H](C)OCCCC)[C@@H](COCCCC)OCCCC. The number of rotatable bonds is 26. The smallest absolute Gasteiger partial charge is 0.110 e. The Bertz CT molecular complexity index is 431. The van der Waals surface area contributed by atoms with Crippen molar-refractivity contribution in [2.24, 2.45) is 0 Å². The van der Waals surface area contributed by atoms with E-state index in [0.717, 1.165) is 84.0 Å². The number of aliphatic hydroxyl groups is 1. The van der Waals surface area contributed by atoms with Gasteiger partial charge in [0.2, 0.25) is 0 Å². The molecule has 1 unspecified atom stereocenters. The van der Waals surface area contributed by atoms with Crippen molar-refractivity contribution in [3.8, 4) is 0 Å². The molecule has 0 bridgehead atoms. The first kappa shape index (κ1) is 33.5. The van der Waals surface area contributed by atoms with Crippen molar-refractivity contribution >= 4 is 0 Å². The van der Waals surface area contributed by atoms with E-state index in [4.69, 9.17) is 28.8 Å². The number of allylic oxidation sites excluding steroid dienone is 1. The summed E-state index contributed by atoms with van der Waals surface area (Å²) in [4.78, 5) is 0. The topological polar surface area (TPSA) is 66.4 Å². The molecule has 0 radical (unpaired) electrons. The molecule has 34 heavy (non-hydrogen) atoms. The first-order valence-electron chi connectivity index (χ1n) is 13.9. The second-order valence-electron chi connectivity index (χ2n) is 8.99. The van der Waals surface area contributed by atoms with Gasteiger partial charge < -0.3 is 28.8 Å². The van der Waals surface area contributed by atoms with E-state index in [1.165, 1.54) is 0 Å². The summed E-state index contributed by atoms with van der Waals surface area (Å²) in [7, 11) is 0. The fourth-order valence-corrected chi connectivity index (χ4v) is 3.38. The Hall–Kier alpha value is -0.500. The van der Waals surface area contributed by atoms with Crippen LogP contribution < -0.4 is 0 Å². The summed E-state index contributed by atoms with van der Waals surface area (Å²) in [5.41, 5.74) is 0. The third kappa shape index (κ3) is 18.8. The van der Waals surface area contributed by atoms with Crippen LogP contribution in [0.4, 0.5) is 0 Å². The largest absolute Gasteiger partial charge is 0.392 e. The fraction of sp³-hybridized carbons (Fsp3) is 0.929. The van der Waals surface area contributed by atoms with Crippen LogP contribution >= 0.6 is 0 Å². The highest BCUT2D eigenvalue weighted by Gasteiger charge is 2.29. The van der Waals surface area contributed by atoms with Crippen molar-refractivity contribution in [1.82, 2.24) is 0 Å². The first-order valence-corrected chi connectivity index (χ1v) is 13.9. The number of aliphatic hydroxyl groups excluding tert-OH is 1. The van der Waals surface area contributed by atoms with Crippen LogP contribution in [0.1, 0.15) is 98.8 Å². The van der Waals surface area contributed by atoms with Crippen molar-refractivity contribution in [2.45, 2.75) is 123 Å². The number of ether oxygens (including phenoxy) is 5. The van der Waals surface area contributed by atoms with Gasteiger partial charge in [0.1, 0.15) is 12.2 Å². The van der Waals surface area contributed by atoms with Crippen molar-refractivity contribution in [3.05, 3.63) is 12.2 Å². The van der Waals surface area contributed by atoms with Gasteiger partial charge in [-0.25, -0.2) is 0 Å². The van der Waals surface area contributed by atoms with E-state index in [-0.39, 0.29) is 31.0 Å². The van der Waals surface area contributed by atoms with Gasteiger partial charge in [0.25, 0.3) is 0 Å². The maximum atomic E-state index is 9.08. The standard InChI is InChI=1S/C28H56O6/c1-6-10-19-30-23-27(33-22-13-9-4)28(24-31-20-11-7-2)34-26(17-15-14-16-18-29)25(5)32-21-12-8-3/h14,16,25-29H,6-13,15,17-24H2,1-5H3/b16-14+/t25-,26+,27+,28?/m0/s1. The van der Waals surface area contributed by atoms with Gasteiger partial charge in [-0.15, -0.1) is 0 Å². The van der Waals surface area contributed by atoms with E-state index in [9.17, 15) is 0 Å². The van der Waals surface area contributed by atoms with E-state index < -0.39 is 0 Å². The Balaban J connectivity index is 5.39. The van der Waals surface area contributed by atoms with E-state index >= 15 is 0 Å². The molecule has 6 nitrogen and oxygen atoms in total. The Morgan fingerprint density at radius 2 is 1.18 bits per heavy atom. The predicted molar refractivity (Wildman–Crippen MR) is 141 cm³/mol. The van der Waals surface area contributed by atoms with Crippen LogP contribution in [0.5, 0.6) is 0 Å². The van der Waals surface area contributed by atoms with Gasteiger partial charge >= 0.3 is 0 Å². The molecule has 0 aliphatic heterocycles. The molecule has 0 heterocycles. The lowest BCUT2D eigenvalue weighted by Crippen LogP contribution is -2.44. The van der Waals surface area contributed by atoms with Gasteiger partial charge in [-0.1, -0.05) is 65.5 Å². The van der Waals surface area contributed by atoms with E-state index in [0.29, 0.717) is 19.8 Å². The van der Waals surface area contributed by atoms with Crippen LogP contribution in [0.25, 0.3) is 0 Å². The summed E-state index contributed by atoms with van der Waals surface area (Å²) in [6.45, 7) is 14.7. The fourth-order valence-electron chi connectivity index (χ4n) is 3.38. The van der Waals surface area contributed by atoms with Gasteiger partial charge in [0.05, 0.1) is 32.0 Å². The molecule has 0 fully saturated rings. The Kier molecular flexibility index (Phi) is 25.2. The molecule has 6 heteroatoms. The number of unbranched alkanes of at least 4 members (excludes halogenated alkanes) is 4. The molecule has 0 aromatic rings. The average Bonchev–Trinajstić information content (AvgIpc) is 2.84. The maximum Gasteiger partial charge on any atom is 0.110 e. The molecule has 0 rings (SSSR count). The number of hydrogen-bond donors (Lipinski definition) is 1. The molecule has 0 aromatic heterocycles. The molecule has 4 atom stereocenters. The summed E-state index contributed by atoms with van der Waals surface area (Å²) < 4.78 is 31.1. The van der Waals surface area contributed by atoms with Crippen LogP contribution in [0.15, 0.2) is 12.2 Å². The van der Waals surface area contributed by atoms with Gasteiger partial charge in [-0.3, -0.25) is 0 Å².